The molecule has 2 heterocycles. The van der Waals surface area contributed by atoms with Gasteiger partial charge in [0, 0.05) is 51.0 Å². The molecule has 0 bridgehead atoms. The molecule has 7 nitrogen and oxygen atoms in total. The molecule has 1 aromatic heterocycles. The predicted molar refractivity (Wildman–Crippen MR) is 143 cm³/mol. The predicted octanol–water partition coefficient (Wildman–Crippen LogP) is 3.27. The van der Waals surface area contributed by atoms with E-state index in [1.807, 2.05) is 24.4 Å². The van der Waals surface area contributed by atoms with Gasteiger partial charge in [-0.25, -0.2) is 9.98 Å². The summed E-state index contributed by atoms with van der Waals surface area (Å²) in [5, 5.41) is 6.69. The van der Waals surface area contributed by atoms with Crippen LogP contribution in [0, 0.1) is 0 Å². The number of hydrogen-bond donors (Lipinski definition) is 2. The minimum Gasteiger partial charge on any atom is -0.489 e. The second-order valence-electron chi connectivity index (χ2n) is 7.57. The monoisotopic (exact) mass is 550 g/mol. The number of ether oxygens (including phenoxy) is 1. The highest BCUT2D eigenvalue weighted by atomic mass is 127. The Morgan fingerprint density at radius 1 is 1.16 bits per heavy atom. The minimum absolute atomic E-state index is 0. The number of para-hydroxylation sites is 1. The summed E-state index contributed by atoms with van der Waals surface area (Å²) in [6, 6.07) is 12.2. The molecule has 0 saturated carbocycles. The van der Waals surface area contributed by atoms with Crippen molar-refractivity contribution in [3.63, 3.8) is 0 Å². The molecule has 32 heavy (non-hydrogen) atoms. The average Bonchev–Trinajstić information content (AvgIpc) is 2.81. The molecule has 1 saturated heterocycles. The van der Waals surface area contributed by atoms with Gasteiger partial charge in [-0.2, -0.15) is 0 Å². The molecule has 0 spiro atoms. The summed E-state index contributed by atoms with van der Waals surface area (Å²) in [5.74, 6) is 2.67. The van der Waals surface area contributed by atoms with Gasteiger partial charge in [0.15, 0.2) is 5.96 Å². The van der Waals surface area contributed by atoms with Gasteiger partial charge in [0.05, 0.1) is 6.54 Å². The van der Waals surface area contributed by atoms with E-state index >= 15 is 0 Å². The Morgan fingerprint density at radius 3 is 2.62 bits per heavy atom. The number of guanidine groups is 1. The molecular weight excluding hydrogens is 515 g/mol. The van der Waals surface area contributed by atoms with Crippen LogP contribution in [0.5, 0.6) is 5.75 Å². The highest BCUT2D eigenvalue weighted by Crippen LogP contribution is 2.18. The van der Waals surface area contributed by atoms with E-state index in [0.717, 1.165) is 61.4 Å². The van der Waals surface area contributed by atoms with Crippen molar-refractivity contribution < 1.29 is 4.74 Å². The van der Waals surface area contributed by atoms with Gasteiger partial charge in [0.1, 0.15) is 18.2 Å². The van der Waals surface area contributed by atoms with Crippen LogP contribution in [0.4, 0.5) is 5.82 Å². The van der Waals surface area contributed by atoms with Crippen molar-refractivity contribution in [2.45, 2.75) is 20.0 Å². The van der Waals surface area contributed by atoms with E-state index in [-0.39, 0.29) is 24.0 Å². The third kappa shape index (κ3) is 7.98. The summed E-state index contributed by atoms with van der Waals surface area (Å²) in [5.41, 5.74) is 2.16. The van der Waals surface area contributed by atoms with Crippen LogP contribution in [0.25, 0.3) is 0 Å². The number of hydrogen-bond acceptors (Lipinski definition) is 5. The van der Waals surface area contributed by atoms with Crippen LogP contribution in [0.2, 0.25) is 0 Å². The number of anilines is 1. The number of aliphatic imine (C=N–C) groups is 1. The molecule has 174 valence electrons. The third-order valence-electron chi connectivity index (χ3n) is 5.18. The number of pyridine rings is 1. The highest BCUT2D eigenvalue weighted by molar-refractivity contribution is 14.0. The zero-order valence-corrected chi connectivity index (χ0v) is 21.4. The minimum atomic E-state index is 0. The number of piperazine rings is 1. The molecule has 2 aromatic rings. The van der Waals surface area contributed by atoms with Gasteiger partial charge in [-0.3, -0.25) is 0 Å². The van der Waals surface area contributed by atoms with Crippen molar-refractivity contribution in [2.24, 2.45) is 4.99 Å². The van der Waals surface area contributed by atoms with Crippen molar-refractivity contribution in [3.05, 3.63) is 66.4 Å². The lowest BCUT2D eigenvalue weighted by molar-refractivity contribution is 0.312. The summed E-state index contributed by atoms with van der Waals surface area (Å²) >= 11 is 0. The van der Waals surface area contributed by atoms with E-state index in [2.05, 4.69) is 64.2 Å². The topological polar surface area (TPSA) is 65.0 Å². The lowest BCUT2D eigenvalue weighted by Crippen LogP contribution is -2.44. The number of likely N-dealkylation sites (N-methyl/N-ethyl adjacent to an activating group) is 1. The van der Waals surface area contributed by atoms with Crippen LogP contribution in [0.3, 0.4) is 0 Å². The summed E-state index contributed by atoms with van der Waals surface area (Å²) in [6.07, 6.45) is 3.68. The molecule has 0 unspecified atom stereocenters. The van der Waals surface area contributed by atoms with Crippen molar-refractivity contribution in [3.8, 4) is 5.75 Å². The van der Waals surface area contributed by atoms with Crippen molar-refractivity contribution in [1.29, 1.82) is 0 Å². The molecule has 0 aliphatic carbocycles. The van der Waals surface area contributed by atoms with Crippen LogP contribution < -0.4 is 20.3 Å². The van der Waals surface area contributed by atoms with Crippen molar-refractivity contribution >= 4 is 35.8 Å². The Balaban J connectivity index is 0.00000363. The van der Waals surface area contributed by atoms with Crippen LogP contribution >= 0.6 is 24.0 Å². The second kappa shape index (κ2) is 13.9. The highest BCUT2D eigenvalue weighted by Gasteiger charge is 2.14. The number of rotatable bonds is 9. The van der Waals surface area contributed by atoms with Crippen molar-refractivity contribution in [1.82, 2.24) is 20.5 Å². The first-order chi connectivity index (χ1) is 15.2. The molecule has 0 atom stereocenters. The number of benzene rings is 1. The molecule has 1 aliphatic rings. The molecule has 8 heteroatoms. The summed E-state index contributed by atoms with van der Waals surface area (Å²) in [6.45, 7) is 12.4. The van der Waals surface area contributed by atoms with E-state index in [1.165, 1.54) is 0 Å². The normalized spacial score (nSPS) is 14.4. The lowest BCUT2D eigenvalue weighted by Gasteiger charge is -2.33. The molecule has 3 rings (SSSR count). The maximum Gasteiger partial charge on any atom is 0.191 e. The van der Waals surface area contributed by atoms with Crippen LogP contribution in [-0.2, 0) is 13.1 Å². The molecule has 0 amide bonds. The number of halogens is 1. The lowest BCUT2D eigenvalue weighted by atomic mass is 10.2. The molecule has 0 radical (unpaired) electrons. The van der Waals surface area contributed by atoms with E-state index in [4.69, 9.17) is 9.73 Å². The van der Waals surface area contributed by atoms with E-state index in [0.29, 0.717) is 19.7 Å². The maximum atomic E-state index is 5.74. The third-order valence-corrected chi connectivity index (χ3v) is 5.18. The fraction of sp³-hybridized carbons (Fsp3) is 0.417. The van der Waals surface area contributed by atoms with E-state index in [1.54, 1.807) is 6.08 Å². The largest absolute Gasteiger partial charge is 0.489 e. The number of nitrogens with zero attached hydrogens (tertiary/aromatic N) is 4. The zero-order chi connectivity index (χ0) is 21.9. The van der Waals surface area contributed by atoms with Gasteiger partial charge >= 0.3 is 0 Å². The smallest absolute Gasteiger partial charge is 0.191 e. The Hall–Kier alpha value is -2.33. The Bertz CT molecular complexity index is 850. The van der Waals surface area contributed by atoms with Crippen LogP contribution in [-0.4, -0.2) is 62.2 Å². The fourth-order valence-corrected chi connectivity index (χ4v) is 3.36. The van der Waals surface area contributed by atoms with Crippen LogP contribution in [0.15, 0.2) is 60.2 Å². The van der Waals surface area contributed by atoms with Gasteiger partial charge in [0.25, 0.3) is 0 Å². The zero-order valence-electron chi connectivity index (χ0n) is 19.1. The molecule has 1 aliphatic heterocycles. The maximum absolute atomic E-state index is 5.74. The van der Waals surface area contributed by atoms with Crippen molar-refractivity contribution in [2.75, 3.05) is 51.3 Å². The van der Waals surface area contributed by atoms with Gasteiger partial charge in [-0.05, 0) is 31.7 Å². The molecular formula is C24H35IN6O. The average molecular weight is 550 g/mol. The van der Waals surface area contributed by atoms with Gasteiger partial charge in [-0.1, -0.05) is 36.9 Å². The number of nitrogens with one attached hydrogen (secondary N) is 2. The summed E-state index contributed by atoms with van der Waals surface area (Å²) < 4.78 is 5.74. The Kier molecular flexibility index (Phi) is 11.3. The summed E-state index contributed by atoms with van der Waals surface area (Å²) in [4.78, 5) is 14.1. The first-order valence-electron chi connectivity index (χ1n) is 10.9. The fourth-order valence-electron chi connectivity index (χ4n) is 3.36. The van der Waals surface area contributed by atoms with Gasteiger partial charge < -0.3 is 25.2 Å². The summed E-state index contributed by atoms with van der Waals surface area (Å²) in [7, 11) is 2.16. The molecule has 1 fully saturated rings. The molecule has 2 N–H and O–H groups in total. The Morgan fingerprint density at radius 2 is 1.94 bits per heavy atom. The first-order valence-corrected chi connectivity index (χ1v) is 10.9. The Labute approximate surface area is 209 Å². The van der Waals surface area contributed by atoms with Gasteiger partial charge in [-0.15, -0.1) is 24.0 Å². The van der Waals surface area contributed by atoms with E-state index in [9.17, 15) is 0 Å². The standard InChI is InChI=1S/C24H34N6O.HI/c1-4-16-31-22-9-7-6-8-21(22)19-28-24(25-5-2)27-18-20-10-11-23(26-17-20)30-14-12-29(3)13-15-30;/h4,6-11,17H,1,5,12-16,18-19H2,2-3H3,(H2,25,27,28);1H. The molecule has 1 aromatic carbocycles. The number of aromatic nitrogens is 1. The van der Waals surface area contributed by atoms with Crippen LogP contribution in [0.1, 0.15) is 18.1 Å². The quantitative estimate of drug-likeness (QED) is 0.216. The SMILES string of the molecule is C=CCOc1ccccc1CNC(=NCc1ccc(N2CCN(C)CC2)nc1)NCC.I. The van der Waals surface area contributed by atoms with Gasteiger partial charge in [0.2, 0.25) is 0 Å². The second-order valence-corrected chi connectivity index (χ2v) is 7.57. The van der Waals surface area contributed by atoms with E-state index < -0.39 is 0 Å². The first kappa shape index (κ1) is 25.9.